The van der Waals surface area contributed by atoms with Crippen molar-refractivity contribution in [2.45, 2.75) is 45.4 Å². The second-order valence-corrected chi connectivity index (χ2v) is 5.30. The summed E-state index contributed by atoms with van der Waals surface area (Å²) in [4.78, 5) is 23.8. The van der Waals surface area contributed by atoms with Gasteiger partial charge in [0.2, 0.25) is 0 Å². The second kappa shape index (κ2) is 4.18. The maximum absolute atomic E-state index is 11.6. The molecular weight excluding hydrogens is 226 g/mol. The van der Waals surface area contributed by atoms with E-state index in [4.69, 9.17) is 4.74 Å². The number of aliphatic carboxylic acids is 1. The highest BCUT2D eigenvalue weighted by atomic mass is 16.5. The first kappa shape index (κ1) is 13.8. The smallest absolute Gasteiger partial charge is 0.410 e. The lowest BCUT2D eigenvalue weighted by Gasteiger charge is -2.44. The van der Waals surface area contributed by atoms with Crippen LogP contribution in [0.4, 0.5) is 4.79 Å². The number of rotatable bonds is 2. The first-order valence-electron chi connectivity index (χ1n) is 5.47. The van der Waals surface area contributed by atoms with E-state index in [1.54, 1.807) is 20.8 Å². The van der Waals surface area contributed by atoms with Gasteiger partial charge in [-0.1, -0.05) is 20.8 Å². The van der Waals surface area contributed by atoms with E-state index in [0.29, 0.717) is 6.42 Å². The molecule has 0 saturated carbocycles. The minimum absolute atomic E-state index is 0.261. The number of carboxylic acids is 1. The van der Waals surface area contributed by atoms with Crippen LogP contribution in [0.15, 0.2) is 0 Å². The Morgan fingerprint density at radius 2 is 1.88 bits per heavy atom. The predicted molar refractivity (Wildman–Crippen MR) is 59.7 cm³/mol. The summed E-state index contributed by atoms with van der Waals surface area (Å²) in [5.41, 5.74) is -2.13. The van der Waals surface area contributed by atoms with Crippen LogP contribution in [-0.4, -0.2) is 46.1 Å². The van der Waals surface area contributed by atoms with Crippen LogP contribution < -0.4 is 0 Å². The van der Waals surface area contributed by atoms with Gasteiger partial charge < -0.3 is 14.9 Å². The maximum atomic E-state index is 11.6. The summed E-state index contributed by atoms with van der Waals surface area (Å²) in [5, 5.41) is 18.7. The van der Waals surface area contributed by atoms with Gasteiger partial charge in [0.1, 0.15) is 6.23 Å². The lowest BCUT2D eigenvalue weighted by molar-refractivity contribution is -0.161. The molecule has 2 atom stereocenters. The number of nitrogens with zero attached hydrogens (tertiary/aromatic N) is 1. The summed E-state index contributed by atoms with van der Waals surface area (Å²) in [5.74, 6) is -1.12. The molecule has 1 amide bonds. The van der Waals surface area contributed by atoms with Crippen molar-refractivity contribution in [3.05, 3.63) is 0 Å². The molecule has 0 bridgehead atoms. The van der Waals surface area contributed by atoms with Crippen molar-refractivity contribution < 1.29 is 24.5 Å². The van der Waals surface area contributed by atoms with Gasteiger partial charge in [-0.25, -0.2) is 9.59 Å². The largest absolute Gasteiger partial charge is 0.479 e. The lowest BCUT2D eigenvalue weighted by Crippen LogP contribution is -2.62. The van der Waals surface area contributed by atoms with Crippen LogP contribution in [-0.2, 0) is 9.53 Å². The van der Waals surface area contributed by atoms with E-state index in [1.807, 2.05) is 0 Å². The number of methoxy groups -OCH3 is 1. The summed E-state index contributed by atoms with van der Waals surface area (Å²) in [6.07, 6.45) is -1.29. The summed E-state index contributed by atoms with van der Waals surface area (Å²) >= 11 is 0. The average molecular weight is 245 g/mol. The molecule has 0 radical (unpaired) electrons. The summed E-state index contributed by atoms with van der Waals surface area (Å²) in [7, 11) is 1.39. The Balaban J connectivity index is 3.32. The van der Waals surface area contributed by atoms with Crippen molar-refractivity contribution in [2.24, 2.45) is 5.41 Å². The Morgan fingerprint density at radius 3 is 2.18 bits per heavy atom. The zero-order valence-corrected chi connectivity index (χ0v) is 10.6. The van der Waals surface area contributed by atoms with Crippen LogP contribution in [0.25, 0.3) is 0 Å². The van der Waals surface area contributed by atoms with Gasteiger partial charge in [0.15, 0.2) is 5.54 Å². The molecule has 1 heterocycles. The Kier molecular flexibility index (Phi) is 3.38. The van der Waals surface area contributed by atoms with Gasteiger partial charge in [0.05, 0.1) is 0 Å². The van der Waals surface area contributed by atoms with E-state index in [2.05, 4.69) is 0 Å². The molecule has 0 spiro atoms. The highest BCUT2D eigenvalue weighted by Crippen LogP contribution is 2.46. The van der Waals surface area contributed by atoms with Crippen LogP contribution in [0.3, 0.4) is 0 Å². The SMILES string of the molecule is COC1CC[C@](C(=O)O)(C(C)(C)C)N1C(=O)O. The number of carboxylic acid groups (broad SMARTS) is 2. The van der Waals surface area contributed by atoms with Crippen molar-refractivity contribution in [1.82, 2.24) is 4.90 Å². The Bertz CT molecular complexity index is 335. The van der Waals surface area contributed by atoms with Crippen molar-refractivity contribution in [3.8, 4) is 0 Å². The molecule has 17 heavy (non-hydrogen) atoms. The number of carbonyl (C=O) groups is 2. The van der Waals surface area contributed by atoms with Gasteiger partial charge in [-0.2, -0.15) is 0 Å². The molecule has 2 N–H and O–H groups in total. The number of hydrogen-bond acceptors (Lipinski definition) is 3. The molecule has 1 unspecified atom stereocenters. The van der Waals surface area contributed by atoms with Crippen LogP contribution in [0, 0.1) is 5.41 Å². The molecule has 98 valence electrons. The average Bonchev–Trinajstić information content (AvgIpc) is 2.56. The zero-order valence-electron chi connectivity index (χ0n) is 10.6. The van der Waals surface area contributed by atoms with Gasteiger partial charge in [-0.3, -0.25) is 4.90 Å². The van der Waals surface area contributed by atoms with Gasteiger partial charge in [0.25, 0.3) is 0 Å². The molecule has 1 fully saturated rings. The third-order valence-electron chi connectivity index (χ3n) is 3.53. The highest BCUT2D eigenvalue weighted by Gasteiger charge is 2.61. The van der Waals surface area contributed by atoms with E-state index in [1.165, 1.54) is 7.11 Å². The number of ether oxygens (including phenoxy) is 1. The van der Waals surface area contributed by atoms with E-state index in [0.717, 1.165) is 4.90 Å². The minimum Gasteiger partial charge on any atom is -0.479 e. The topological polar surface area (TPSA) is 87.1 Å². The van der Waals surface area contributed by atoms with Gasteiger partial charge in [-0.05, 0) is 18.3 Å². The molecule has 0 aliphatic carbocycles. The van der Waals surface area contributed by atoms with E-state index in [9.17, 15) is 19.8 Å². The molecule has 0 aromatic carbocycles. The van der Waals surface area contributed by atoms with E-state index in [-0.39, 0.29) is 6.42 Å². The summed E-state index contributed by atoms with van der Waals surface area (Å²) in [6.45, 7) is 5.19. The molecular formula is C11H19NO5. The minimum atomic E-state index is -1.43. The van der Waals surface area contributed by atoms with Crippen molar-refractivity contribution >= 4 is 12.1 Å². The molecule has 1 saturated heterocycles. The fourth-order valence-electron chi connectivity index (χ4n) is 2.60. The Morgan fingerprint density at radius 1 is 1.35 bits per heavy atom. The molecule has 6 heteroatoms. The monoisotopic (exact) mass is 245 g/mol. The number of amides is 1. The van der Waals surface area contributed by atoms with E-state index >= 15 is 0 Å². The van der Waals surface area contributed by atoms with Gasteiger partial charge in [0, 0.05) is 7.11 Å². The fraction of sp³-hybridized carbons (Fsp3) is 0.818. The fourth-order valence-corrected chi connectivity index (χ4v) is 2.60. The highest BCUT2D eigenvalue weighted by molar-refractivity contribution is 5.85. The Hall–Kier alpha value is -1.30. The van der Waals surface area contributed by atoms with Crippen molar-refractivity contribution in [2.75, 3.05) is 7.11 Å². The molecule has 0 aromatic heterocycles. The van der Waals surface area contributed by atoms with E-state index < -0.39 is 29.2 Å². The molecule has 1 aliphatic heterocycles. The zero-order chi connectivity index (χ0) is 13.4. The summed E-state index contributed by atoms with van der Waals surface area (Å²) in [6, 6.07) is 0. The quantitative estimate of drug-likeness (QED) is 0.771. The van der Waals surface area contributed by atoms with Crippen molar-refractivity contribution in [1.29, 1.82) is 0 Å². The maximum Gasteiger partial charge on any atom is 0.410 e. The first-order chi connectivity index (χ1) is 7.68. The standard InChI is InChI=1S/C11H19NO5/c1-10(2,3)11(8(13)14)6-5-7(17-4)12(11)9(15)16/h7H,5-6H2,1-4H3,(H,13,14)(H,15,16)/t7?,11-/m0/s1. The summed E-state index contributed by atoms with van der Waals surface area (Å²) < 4.78 is 5.07. The normalized spacial score (nSPS) is 29.4. The third kappa shape index (κ3) is 1.86. The molecule has 1 aliphatic rings. The van der Waals surface area contributed by atoms with Crippen molar-refractivity contribution in [3.63, 3.8) is 0 Å². The van der Waals surface area contributed by atoms with Crippen LogP contribution in [0.5, 0.6) is 0 Å². The molecule has 0 aromatic rings. The second-order valence-electron chi connectivity index (χ2n) is 5.30. The van der Waals surface area contributed by atoms with Gasteiger partial charge in [-0.15, -0.1) is 0 Å². The molecule has 1 rings (SSSR count). The first-order valence-corrected chi connectivity index (χ1v) is 5.47. The van der Waals surface area contributed by atoms with Gasteiger partial charge >= 0.3 is 12.1 Å². The van der Waals surface area contributed by atoms with Crippen LogP contribution in [0.1, 0.15) is 33.6 Å². The number of likely N-dealkylation sites (tertiary alicyclic amines) is 1. The lowest BCUT2D eigenvalue weighted by atomic mass is 9.72. The third-order valence-corrected chi connectivity index (χ3v) is 3.53. The predicted octanol–water partition coefficient (Wildman–Crippen LogP) is 1.60. The molecule has 6 nitrogen and oxygen atoms in total. The number of hydrogen-bond donors (Lipinski definition) is 2. The van der Waals surface area contributed by atoms with Crippen LogP contribution in [0.2, 0.25) is 0 Å². The Labute approximate surface area is 100 Å². The van der Waals surface area contributed by atoms with Crippen LogP contribution >= 0.6 is 0 Å².